The SMILES string of the molecule is COC(=O)NC(=O)[C@H](C)[NH+]1CC[NH+](Cc2cc(C)ccc2OC)CC1. The molecule has 0 bridgehead atoms. The monoisotopic (exact) mass is 351 g/mol. The van der Waals surface area contributed by atoms with Crippen LogP contribution in [0.3, 0.4) is 0 Å². The molecule has 7 nitrogen and oxygen atoms in total. The summed E-state index contributed by atoms with van der Waals surface area (Å²) in [4.78, 5) is 25.9. The lowest BCUT2D eigenvalue weighted by Crippen LogP contribution is -3.29. The molecule has 1 saturated heterocycles. The van der Waals surface area contributed by atoms with E-state index >= 15 is 0 Å². The van der Waals surface area contributed by atoms with Crippen LogP contribution in [-0.4, -0.2) is 58.4 Å². The van der Waals surface area contributed by atoms with E-state index in [1.165, 1.54) is 28.0 Å². The Morgan fingerprint density at radius 1 is 1.20 bits per heavy atom. The number of amides is 2. The van der Waals surface area contributed by atoms with Gasteiger partial charge in [-0.2, -0.15) is 0 Å². The summed E-state index contributed by atoms with van der Waals surface area (Å²) in [6.07, 6.45) is -0.702. The van der Waals surface area contributed by atoms with E-state index in [1.54, 1.807) is 7.11 Å². The molecule has 0 spiro atoms. The van der Waals surface area contributed by atoms with Gasteiger partial charge in [0.1, 0.15) is 38.5 Å². The summed E-state index contributed by atoms with van der Waals surface area (Å²) in [5, 5.41) is 2.25. The second-order valence-electron chi connectivity index (χ2n) is 6.60. The van der Waals surface area contributed by atoms with Gasteiger partial charge in [-0.1, -0.05) is 11.6 Å². The van der Waals surface area contributed by atoms with E-state index in [0.29, 0.717) is 0 Å². The molecule has 1 heterocycles. The average molecular weight is 351 g/mol. The predicted octanol–water partition coefficient (Wildman–Crippen LogP) is -1.44. The van der Waals surface area contributed by atoms with Gasteiger partial charge < -0.3 is 19.3 Å². The highest BCUT2D eigenvalue weighted by Gasteiger charge is 2.32. The number of ether oxygens (including phenoxy) is 2. The van der Waals surface area contributed by atoms with Gasteiger partial charge >= 0.3 is 6.09 Å². The first-order valence-electron chi connectivity index (χ1n) is 8.65. The van der Waals surface area contributed by atoms with E-state index in [0.717, 1.165) is 38.5 Å². The number of hydrogen-bond acceptors (Lipinski definition) is 4. The van der Waals surface area contributed by atoms with Crippen LogP contribution in [0.15, 0.2) is 18.2 Å². The molecular weight excluding hydrogens is 322 g/mol. The van der Waals surface area contributed by atoms with Crippen LogP contribution in [0.4, 0.5) is 4.79 Å². The van der Waals surface area contributed by atoms with Crippen LogP contribution in [0.25, 0.3) is 0 Å². The molecule has 3 N–H and O–H groups in total. The lowest BCUT2D eigenvalue weighted by molar-refractivity contribution is -1.02. The number of carbonyl (C=O) groups excluding carboxylic acids is 2. The molecule has 1 atom stereocenters. The summed E-state index contributed by atoms with van der Waals surface area (Å²) >= 11 is 0. The Morgan fingerprint density at radius 3 is 2.48 bits per heavy atom. The van der Waals surface area contributed by atoms with Crippen LogP contribution in [0.5, 0.6) is 5.75 Å². The van der Waals surface area contributed by atoms with Crippen molar-refractivity contribution >= 4 is 12.0 Å². The molecule has 1 fully saturated rings. The molecule has 25 heavy (non-hydrogen) atoms. The number of rotatable bonds is 5. The second kappa shape index (κ2) is 8.82. The van der Waals surface area contributed by atoms with E-state index < -0.39 is 6.09 Å². The van der Waals surface area contributed by atoms with Crippen molar-refractivity contribution in [3.05, 3.63) is 29.3 Å². The molecule has 2 rings (SSSR count). The molecule has 1 aromatic carbocycles. The van der Waals surface area contributed by atoms with Crippen LogP contribution in [0, 0.1) is 6.92 Å². The number of quaternary nitrogens is 2. The van der Waals surface area contributed by atoms with E-state index in [2.05, 4.69) is 29.1 Å². The van der Waals surface area contributed by atoms with E-state index in [-0.39, 0.29) is 11.9 Å². The van der Waals surface area contributed by atoms with Gasteiger partial charge in [0.05, 0.1) is 14.2 Å². The van der Waals surface area contributed by atoms with Crippen molar-refractivity contribution in [2.45, 2.75) is 26.4 Å². The molecule has 2 amide bonds. The van der Waals surface area contributed by atoms with Crippen molar-refractivity contribution in [1.82, 2.24) is 5.32 Å². The Morgan fingerprint density at radius 2 is 1.88 bits per heavy atom. The van der Waals surface area contributed by atoms with Crippen molar-refractivity contribution in [3.63, 3.8) is 0 Å². The lowest BCUT2D eigenvalue weighted by Gasteiger charge is -2.32. The maximum absolute atomic E-state index is 12.0. The minimum absolute atomic E-state index is 0.269. The van der Waals surface area contributed by atoms with Gasteiger partial charge in [-0.05, 0) is 26.0 Å². The van der Waals surface area contributed by atoms with E-state index in [4.69, 9.17) is 4.74 Å². The van der Waals surface area contributed by atoms with E-state index in [9.17, 15) is 9.59 Å². The number of piperazine rings is 1. The summed E-state index contributed by atoms with van der Waals surface area (Å²) in [5.74, 6) is 0.643. The lowest BCUT2D eigenvalue weighted by atomic mass is 10.1. The quantitative estimate of drug-likeness (QED) is 0.607. The average Bonchev–Trinajstić information content (AvgIpc) is 2.61. The fourth-order valence-electron chi connectivity index (χ4n) is 3.29. The first-order valence-corrected chi connectivity index (χ1v) is 8.65. The third kappa shape index (κ3) is 5.17. The molecule has 1 aromatic rings. The van der Waals surface area contributed by atoms with Crippen molar-refractivity contribution in [2.75, 3.05) is 40.4 Å². The van der Waals surface area contributed by atoms with Gasteiger partial charge in [0, 0.05) is 5.56 Å². The van der Waals surface area contributed by atoms with Gasteiger partial charge in [0.25, 0.3) is 5.91 Å². The molecule has 0 aliphatic carbocycles. The molecular formula is C18H29N3O4+2. The van der Waals surface area contributed by atoms with Crippen molar-refractivity contribution in [3.8, 4) is 5.75 Å². The summed E-state index contributed by atoms with van der Waals surface area (Å²) in [7, 11) is 2.95. The van der Waals surface area contributed by atoms with Crippen LogP contribution in [-0.2, 0) is 16.1 Å². The topological polar surface area (TPSA) is 73.5 Å². The van der Waals surface area contributed by atoms with E-state index in [1.807, 2.05) is 13.0 Å². The zero-order valence-electron chi connectivity index (χ0n) is 15.5. The summed E-state index contributed by atoms with van der Waals surface area (Å²) < 4.78 is 9.94. The molecule has 0 radical (unpaired) electrons. The fourth-order valence-corrected chi connectivity index (χ4v) is 3.29. The largest absolute Gasteiger partial charge is 0.496 e. The van der Waals surface area contributed by atoms with Gasteiger partial charge in [0.2, 0.25) is 0 Å². The van der Waals surface area contributed by atoms with Crippen LogP contribution >= 0.6 is 0 Å². The molecule has 1 aliphatic heterocycles. The Kier molecular flexibility index (Phi) is 6.78. The number of methoxy groups -OCH3 is 2. The highest BCUT2D eigenvalue weighted by molar-refractivity contribution is 5.93. The van der Waals surface area contributed by atoms with Crippen molar-refractivity contribution in [2.24, 2.45) is 0 Å². The maximum Gasteiger partial charge on any atom is 0.413 e. The van der Waals surface area contributed by atoms with Gasteiger partial charge in [-0.3, -0.25) is 10.1 Å². The van der Waals surface area contributed by atoms with Crippen LogP contribution < -0.4 is 19.9 Å². The molecule has 138 valence electrons. The number of carbonyl (C=O) groups is 2. The predicted molar refractivity (Wildman–Crippen MR) is 92.8 cm³/mol. The summed E-state index contributed by atoms with van der Waals surface area (Å²) in [6, 6.07) is 5.98. The zero-order chi connectivity index (χ0) is 18.4. The standard InChI is InChI=1S/C18H27N3O4/c1-13-5-6-16(24-3)15(11-13)12-20-7-9-21(10-8-20)14(2)17(22)19-18(23)25-4/h5-6,11,14H,7-10,12H2,1-4H3,(H,19,22,23)/p+2/t14-/m0/s1. The first-order chi connectivity index (χ1) is 11.9. The number of benzene rings is 1. The van der Waals surface area contributed by atoms with Crippen LogP contribution in [0.2, 0.25) is 0 Å². The number of imide groups is 1. The van der Waals surface area contributed by atoms with Gasteiger partial charge in [-0.15, -0.1) is 0 Å². The second-order valence-corrected chi connectivity index (χ2v) is 6.60. The van der Waals surface area contributed by atoms with Gasteiger partial charge in [-0.25, -0.2) is 4.79 Å². The normalized spacial score (nSPS) is 21.3. The Hall–Kier alpha value is -2.12. The van der Waals surface area contributed by atoms with Gasteiger partial charge in [0.15, 0.2) is 6.04 Å². The molecule has 0 saturated carbocycles. The third-order valence-corrected chi connectivity index (χ3v) is 4.89. The van der Waals surface area contributed by atoms with Crippen LogP contribution in [0.1, 0.15) is 18.1 Å². The number of nitrogens with one attached hydrogen (secondary N) is 3. The molecule has 1 aliphatic rings. The Labute approximate surface area is 148 Å². The number of aryl methyl sites for hydroxylation is 1. The third-order valence-electron chi connectivity index (χ3n) is 4.89. The number of alkyl carbamates (subject to hydrolysis) is 1. The molecule has 7 heteroatoms. The van der Waals surface area contributed by atoms with Crippen molar-refractivity contribution in [1.29, 1.82) is 0 Å². The first kappa shape index (κ1) is 19.2. The zero-order valence-corrected chi connectivity index (χ0v) is 15.5. The smallest absolute Gasteiger partial charge is 0.413 e. The molecule has 0 aromatic heterocycles. The van der Waals surface area contributed by atoms with Crippen molar-refractivity contribution < 1.29 is 28.9 Å². The summed E-state index contributed by atoms with van der Waals surface area (Å²) in [6.45, 7) is 8.58. The highest BCUT2D eigenvalue weighted by Crippen LogP contribution is 2.18. The maximum atomic E-state index is 12.0. The minimum Gasteiger partial charge on any atom is -0.496 e. The number of hydrogen-bond donors (Lipinski definition) is 3. The highest BCUT2D eigenvalue weighted by atomic mass is 16.5. The Bertz CT molecular complexity index is 612. The fraction of sp³-hybridized carbons (Fsp3) is 0.556. The Balaban J connectivity index is 1.88. The minimum atomic E-state index is -0.702. The molecule has 0 unspecified atom stereocenters. The summed E-state index contributed by atoms with van der Waals surface area (Å²) in [5.41, 5.74) is 2.45.